The van der Waals surface area contributed by atoms with Gasteiger partial charge < -0.3 is 0 Å². The molecule has 0 N–H and O–H groups in total. The number of hydrogen-bond donors (Lipinski definition) is 0. The van der Waals surface area contributed by atoms with Crippen molar-refractivity contribution in [2.24, 2.45) is 0 Å². The maximum Gasteiger partial charge on any atom is -0.0285 e. The van der Waals surface area contributed by atoms with Crippen LogP contribution in [0.1, 0.15) is 39.5 Å². The van der Waals surface area contributed by atoms with Crippen molar-refractivity contribution in [1.29, 1.82) is 0 Å². The standard InChI is InChI=1S/C10H18/c1-4-7-9-10(6-3)8-5-2/h6,9H,3-5,7-8H2,1-2H3. The lowest BCUT2D eigenvalue weighted by molar-refractivity contribution is 0.895. The third-order valence-electron chi connectivity index (χ3n) is 1.50. The summed E-state index contributed by atoms with van der Waals surface area (Å²) in [6.45, 7) is 8.16. The van der Waals surface area contributed by atoms with Crippen LogP contribution in [-0.2, 0) is 0 Å². The Kier molecular flexibility index (Phi) is 6.25. The van der Waals surface area contributed by atoms with E-state index in [2.05, 4.69) is 26.5 Å². The van der Waals surface area contributed by atoms with Crippen LogP contribution in [0.2, 0.25) is 0 Å². The van der Waals surface area contributed by atoms with Gasteiger partial charge in [-0.05, 0) is 12.8 Å². The van der Waals surface area contributed by atoms with Gasteiger partial charge in [-0.15, -0.1) is 0 Å². The van der Waals surface area contributed by atoms with Gasteiger partial charge >= 0.3 is 0 Å². The lowest BCUT2D eigenvalue weighted by Gasteiger charge is -1.96. The summed E-state index contributed by atoms with van der Waals surface area (Å²) in [6.07, 6.45) is 9.10. The summed E-state index contributed by atoms with van der Waals surface area (Å²) in [4.78, 5) is 0. The number of allylic oxidation sites excluding steroid dienone is 3. The van der Waals surface area contributed by atoms with Crippen molar-refractivity contribution in [2.45, 2.75) is 39.5 Å². The second-order valence-electron chi connectivity index (χ2n) is 2.52. The van der Waals surface area contributed by atoms with Gasteiger partial charge in [0, 0.05) is 0 Å². The van der Waals surface area contributed by atoms with Crippen molar-refractivity contribution >= 4 is 0 Å². The van der Waals surface area contributed by atoms with Gasteiger partial charge in [0.05, 0.1) is 0 Å². The molecule has 0 saturated carbocycles. The zero-order chi connectivity index (χ0) is 7.82. The zero-order valence-corrected chi connectivity index (χ0v) is 7.19. The molecule has 0 atom stereocenters. The fraction of sp³-hybridized carbons (Fsp3) is 0.600. The Labute approximate surface area is 64.6 Å². The molecule has 0 aliphatic rings. The average molecular weight is 138 g/mol. The van der Waals surface area contributed by atoms with E-state index >= 15 is 0 Å². The second kappa shape index (κ2) is 6.60. The van der Waals surface area contributed by atoms with Crippen LogP contribution in [0, 0.1) is 0 Å². The minimum atomic E-state index is 1.18. The highest BCUT2D eigenvalue weighted by Crippen LogP contribution is 2.07. The Morgan fingerprint density at radius 2 is 2.00 bits per heavy atom. The van der Waals surface area contributed by atoms with Crippen LogP contribution in [0.15, 0.2) is 24.3 Å². The van der Waals surface area contributed by atoms with E-state index in [-0.39, 0.29) is 0 Å². The predicted molar refractivity (Wildman–Crippen MR) is 48.1 cm³/mol. The van der Waals surface area contributed by atoms with E-state index < -0.39 is 0 Å². The number of hydrogen-bond acceptors (Lipinski definition) is 0. The predicted octanol–water partition coefficient (Wildman–Crippen LogP) is 3.70. The second-order valence-corrected chi connectivity index (χ2v) is 2.52. The Bertz CT molecular complexity index is 109. The summed E-state index contributed by atoms with van der Waals surface area (Å²) < 4.78 is 0. The summed E-state index contributed by atoms with van der Waals surface area (Å²) in [7, 11) is 0. The largest absolute Gasteiger partial charge is 0.0988 e. The molecular weight excluding hydrogens is 120 g/mol. The van der Waals surface area contributed by atoms with Crippen molar-refractivity contribution < 1.29 is 0 Å². The van der Waals surface area contributed by atoms with Crippen LogP contribution in [0.3, 0.4) is 0 Å². The molecule has 0 aromatic rings. The SMILES string of the molecule is C=CC(=CCCC)CCC. The normalized spacial score (nSPS) is 11.6. The monoisotopic (exact) mass is 138 g/mol. The average Bonchev–Trinajstić information content (AvgIpc) is 1.98. The van der Waals surface area contributed by atoms with E-state index in [0.717, 1.165) is 0 Å². The van der Waals surface area contributed by atoms with Gasteiger partial charge in [0.1, 0.15) is 0 Å². The maximum atomic E-state index is 3.76. The molecule has 0 rings (SSSR count). The van der Waals surface area contributed by atoms with Crippen LogP contribution in [0.4, 0.5) is 0 Å². The lowest BCUT2D eigenvalue weighted by atomic mass is 10.1. The third-order valence-corrected chi connectivity index (χ3v) is 1.50. The molecule has 0 amide bonds. The van der Waals surface area contributed by atoms with E-state index in [4.69, 9.17) is 0 Å². The minimum absolute atomic E-state index is 1.18. The van der Waals surface area contributed by atoms with Crippen LogP contribution < -0.4 is 0 Å². The first kappa shape index (κ1) is 9.48. The fourth-order valence-electron chi connectivity index (χ4n) is 0.906. The molecule has 10 heavy (non-hydrogen) atoms. The molecular formula is C10H18. The van der Waals surface area contributed by atoms with Crippen LogP contribution in [0.5, 0.6) is 0 Å². The van der Waals surface area contributed by atoms with Crippen molar-refractivity contribution in [3.63, 3.8) is 0 Å². The van der Waals surface area contributed by atoms with Crippen molar-refractivity contribution in [2.75, 3.05) is 0 Å². The Morgan fingerprint density at radius 1 is 1.30 bits per heavy atom. The molecule has 0 aromatic carbocycles. The first-order chi connectivity index (χ1) is 4.85. The van der Waals surface area contributed by atoms with Gasteiger partial charge in [-0.2, -0.15) is 0 Å². The molecule has 0 spiro atoms. The zero-order valence-electron chi connectivity index (χ0n) is 7.19. The summed E-state index contributed by atoms with van der Waals surface area (Å²) in [5, 5.41) is 0. The van der Waals surface area contributed by atoms with E-state index in [9.17, 15) is 0 Å². The molecule has 0 aliphatic carbocycles. The van der Waals surface area contributed by atoms with Gasteiger partial charge in [0.25, 0.3) is 0 Å². The molecule has 0 heteroatoms. The Balaban J connectivity index is 3.66. The topological polar surface area (TPSA) is 0 Å². The molecule has 0 fully saturated rings. The van der Waals surface area contributed by atoms with Crippen molar-refractivity contribution in [3.8, 4) is 0 Å². The van der Waals surface area contributed by atoms with E-state index in [0.29, 0.717) is 0 Å². The Morgan fingerprint density at radius 3 is 2.40 bits per heavy atom. The molecule has 0 nitrogen and oxygen atoms in total. The summed E-state index contributed by atoms with van der Waals surface area (Å²) in [5.74, 6) is 0. The first-order valence-electron chi connectivity index (χ1n) is 4.16. The summed E-state index contributed by atoms with van der Waals surface area (Å²) in [6, 6.07) is 0. The fourth-order valence-corrected chi connectivity index (χ4v) is 0.906. The Hall–Kier alpha value is -0.520. The van der Waals surface area contributed by atoms with Gasteiger partial charge in [-0.1, -0.05) is 51.0 Å². The lowest BCUT2D eigenvalue weighted by Crippen LogP contribution is -1.76. The number of rotatable bonds is 5. The minimum Gasteiger partial charge on any atom is -0.0988 e. The molecule has 0 aliphatic heterocycles. The quantitative estimate of drug-likeness (QED) is 0.508. The van der Waals surface area contributed by atoms with Crippen LogP contribution in [-0.4, -0.2) is 0 Å². The molecule has 58 valence electrons. The smallest absolute Gasteiger partial charge is 0.0285 e. The molecule has 0 radical (unpaired) electrons. The van der Waals surface area contributed by atoms with Gasteiger partial charge in [0.15, 0.2) is 0 Å². The highest BCUT2D eigenvalue weighted by molar-refractivity contribution is 5.15. The number of unbranched alkanes of at least 4 members (excludes halogenated alkanes) is 1. The molecule has 0 heterocycles. The van der Waals surface area contributed by atoms with Crippen molar-refractivity contribution in [3.05, 3.63) is 24.3 Å². The molecule has 0 bridgehead atoms. The van der Waals surface area contributed by atoms with Gasteiger partial charge in [-0.25, -0.2) is 0 Å². The third kappa shape index (κ3) is 4.37. The van der Waals surface area contributed by atoms with E-state index in [1.165, 1.54) is 31.3 Å². The van der Waals surface area contributed by atoms with Crippen LogP contribution >= 0.6 is 0 Å². The summed E-state index contributed by atoms with van der Waals surface area (Å²) >= 11 is 0. The highest BCUT2D eigenvalue weighted by atomic mass is 13.9. The van der Waals surface area contributed by atoms with E-state index in [1.54, 1.807) is 0 Å². The van der Waals surface area contributed by atoms with E-state index in [1.807, 2.05) is 6.08 Å². The first-order valence-corrected chi connectivity index (χ1v) is 4.16. The molecule has 0 unspecified atom stereocenters. The molecule has 0 saturated heterocycles. The maximum absolute atomic E-state index is 3.76. The summed E-state index contributed by atoms with van der Waals surface area (Å²) in [5.41, 5.74) is 1.41. The van der Waals surface area contributed by atoms with Gasteiger partial charge in [0.2, 0.25) is 0 Å². The highest BCUT2D eigenvalue weighted by Gasteiger charge is 1.86. The molecule has 0 aromatic heterocycles. The van der Waals surface area contributed by atoms with Crippen LogP contribution in [0.25, 0.3) is 0 Å². The van der Waals surface area contributed by atoms with Gasteiger partial charge in [-0.3, -0.25) is 0 Å². The van der Waals surface area contributed by atoms with Crippen molar-refractivity contribution in [1.82, 2.24) is 0 Å².